The molecule has 1 aromatic rings. The highest BCUT2D eigenvalue weighted by atomic mass is 35.5. The molecule has 0 bridgehead atoms. The zero-order valence-electron chi connectivity index (χ0n) is 15.9. The van der Waals surface area contributed by atoms with Gasteiger partial charge in [-0.05, 0) is 26.3 Å². The van der Waals surface area contributed by atoms with E-state index in [1.807, 2.05) is 20.8 Å². The van der Waals surface area contributed by atoms with Crippen molar-refractivity contribution >= 4 is 24.1 Å². The molecule has 148 valence electrons. The van der Waals surface area contributed by atoms with Gasteiger partial charge in [-0.1, -0.05) is 32.4 Å². The number of allylic oxidation sites excluding steroid dienone is 3. The number of aromatic nitrogens is 1. The molecule has 1 amide bonds. The molecule has 1 rings (SSSR count). The fourth-order valence-corrected chi connectivity index (χ4v) is 1.97. The first-order valence-corrected chi connectivity index (χ1v) is 8.28. The van der Waals surface area contributed by atoms with Crippen LogP contribution in [0.2, 0.25) is 0 Å². The first kappa shape index (κ1) is 26.0. The minimum atomic E-state index is -0.705. The van der Waals surface area contributed by atoms with Crippen LogP contribution in [0.5, 0.6) is 5.75 Å². The van der Waals surface area contributed by atoms with Crippen LogP contribution in [-0.2, 0) is 6.54 Å². The van der Waals surface area contributed by atoms with E-state index in [1.54, 1.807) is 6.92 Å². The highest BCUT2D eigenvalue weighted by Gasteiger charge is 2.20. The summed E-state index contributed by atoms with van der Waals surface area (Å²) < 4.78 is 14.0. The van der Waals surface area contributed by atoms with Gasteiger partial charge in [-0.2, -0.15) is 0 Å². The van der Waals surface area contributed by atoms with E-state index in [0.717, 1.165) is 6.07 Å². The molecule has 0 spiro atoms. The highest BCUT2D eigenvalue weighted by Crippen LogP contribution is 2.16. The molecule has 0 unspecified atom stereocenters. The van der Waals surface area contributed by atoms with Crippen molar-refractivity contribution < 1.29 is 14.3 Å². The Morgan fingerprint density at radius 1 is 1.35 bits per heavy atom. The normalized spacial score (nSPS) is 11.2. The molecule has 0 saturated heterocycles. The van der Waals surface area contributed by atoms with Gasteiger partial charge in [0.2, 0.25) is 5.43 Å². The Hall–Kier alpha value is -2.28. The summed E-state index contributed by atoms with van der Waals surface area (Å²) in [6, 6.07) is 1.09. The molecule has 26 heavy (non-hydrogen) atoms. The Labute approximate surface area is 160 Å². The summed E-state index contributed by atoms with van der Waals surface area (Å²) in [5.41, 5.74) is 5.60. The largest absolute Gasteiger partial charge is 0.503 e. The second-order valence-electron chi connectivity index (χ2n) is 5.23. The number of anilines is 1. The van der Waals surface area contributed by atoms with E-state index in [0.29, 0.717) is 18.5 Å². The minimum Gasteiger partial charge on any atom is -0.503 e. The van der Waals surface area contributed by atoms with Gasteiger partial charge in [-0.3, -0.25) is 9.59 Å². The maximum Gasteiger partial charge on any atom is 0.272 e. The molecule has 0 radical (unpaired) electrons. The first-order chi connectivity index (χ1) is 11.8. The van der Waals surface area contributed by atoms with E-state index in [2.05, 4.69) is 5.32 Å². The highest BCUT2D eigenvalue weighted by molar-refractivity contribution is 5.95. The van der Waals surface area contributed by atoms with Crippen LogP contribution in [0.25, 0.3) is 0 Å². The zero-order valence-corrected chi connectivity index (χ0v) is 16.7. The van der Waals surface area contributed by atoms with Crippen molar-refractivity contribution in [3.8, 4) is 5.75 Å². The van der Waals surface area contributed by atoms with Crippen molar-refractivity contribution in [2.24, 2.45) is 0 Å². The molecule has 0 aromatic carbocycles. The Morgan fingerprint density at radius 2 is 1.92 bits per heavy atom. The number of nitrogen functional groups attached to an aromatic ring is 1. The summed E-state index contributed by atoms with van der Waals surface area (Å²) in [6.07, 6.45) is 3.49. The minimum absolute atomic E-state index is 0. The third kappa shape index (κ3) is 7.74. The zero-order chi connectivity index (χ0) is 19.6. The van der Waals surface area contributed by atoms with Crippen LogP contribution >= 0.6 is 12.4 Å². The van der Waals surface area contributed by atoms with Crippen molar-refractivity contribution in [1.82, 2.24) is 9.88 Å². The van der Waals surface area contributed by atoms with Crippen LogP contribution in [0.15, 0.2) is 34.4 Å². The molecule has 6 nitrogen and oxygen atoms in total. The number of amides is 1. The van der Waals surface area contributed by atoms with Gasteiger partial charge < -0.3 is 20.7 Å². The van der Waals surface area contributed by atoms with Crippen LogP contribution in [0.4, 0.5) is 10.2 Å². The fraction of sp³-hybridized carbons (Fsp3) is 0.444. The van der Waals surface area contributed by atoms with E-state index in [-0.39, 0.29) is 36.3 Å². The summed E-state index contributed by atoms with van der Waals surface area (Å²) in [6.45, 7) is 9.46. The van der Waals surface area contributed by atoms with Crippen LogP contribution in [0, 0.1) is 0 Å². The Kier molecular flexibility index (Phi) is 13.0. The van der Waals surface area contributed by atoms with E-state index < -0.39 is 17.1 Å². The first-order valence-electron chi connectivity index (χ1n) is 8.28. The number of carbonyl (C=O) groups excluding carboxylic acids is 1. The van der Waals surface area contributed by atoms with E-state index >= 15 is 0 Å². The van der Waals surface area contributed by atoms with Crippen molar-refractivity contribution in [1.29, 1.82) is 0 Å². The molecule has 4 N–H and O–H groups in total. The number of carbonyl (C=O) groups is 1. The number of nitrogens with one attached hydrogen (secondary N) is 1. The van der Waals surface area contributed by atoms with Gasteiger partial charge in [0.25, 0.3) is 5.91 Å². The smallest absolute Gasteiger partial charge is 0.272 e. The Balaban J connectivity index is 0. The fourth-order valence-electron chi connectivity index (χ4n) is 1.97. The number of rotatable bonds is 6. The molecule has 0 aliphatic heterocycles. The summed E-state index contributed by atoms with van der Waals surface area (Å²) >= 11 is 0. The van der Waals surface area contributed by atoms with Crippen LogP contribution in [0.1, 0.15) is 51.5 Å². The van der Waals surface area contributed by atoms with Gasteiger partial charge in [0.1, 0.15) is 5.82 Å². The molecule has 0 aliphatic carbocycles. The van der Waals surface area contributed by atoms with Gasteiger partial charge in [0.05, 0.1) is 5.83 Å². The second-order valence-corrected chi connectivity index (χ2v) is 5.23. The number of nitrogens with zero attached hydrogens (tertiary/aromatic N) is 1. The summed E-state index contributed by atoms with van der Waals surface area (Å²) in [5.74, 6) is -1.48. The Morgan fingerprint density at radius 3 is 2.42 bits per heavy atom. The predicted molar refractivity (Wildman–Crippen MR) is 107 cm³/mol. The number of halogens is 2. The van der Waals surface area contributed by atoms with Gasteiger partial charge in [-0.15, -0.1) is 12.4 Å². The third-order valence-electron chi connectivity index (χ3n) is 3.11. The molecule has 8 heteroatoms. The number of nitrogens with two attached hydrogens (primary N) is 1. The van der Waals surface area contributed by atoms with E-state index in [9.17, 15) is 19.1 Å². The van der Waals surface area contributed by atoms with E-state index in [4.69, 9.17) is 5.73 Å². The van der Waals surface area contributed by atoms with Gasteiger partial charge in [-0.25, -0.2) is 4.39 Å². The van der Waals surface area contributed by atoms with Gasteiger partial charge >= 0.3 is 0 Å². The van der Waals surface area contributed by atoms with Crippen LogP contribution in [0.3, 0.4) is 0 Å². The topological polar surface area (TPSA) is 97.3 Å². The summed E-state index contributed by atoms with van der Waals surface area (Å²) in [5, 5.41) is 12.5. The molecule has 1 heterocycles. The third-order valence-corrected chi connectivity index (χ3v) is 3.11. The standard InChI is InChI=1S/C16H22FN3O3.C2H6.ClH/c1-4-7-20-13(18)8-12(21)15(22)14(20)16(23)19-9-10(2)5-6-11(3)17;1-2;/h5-6,8,22H,4,7,9,18H2,1-3H3,(H,19,23);1-2H3;1H/b10-5+,11-6+;;. The summed E-state index contributed by atoms with van der Waals surface area (Å²) in [7, 11) is 0. The lowest BCUT2D eigenvalue weighted by Gasteiger charge is -2.16. The predicted octanol–water partition coefficient (Wildman–Crippen LogP) is 3.54. The average molecular weight is 390 g/mol. The molecular formula is C18H29ClFN3O3. The number of aromatic hydroxyl groups is 1. The monoisotopic (exact) mass is 389 g/mol. The SMILES string of the molecule is CC.CCCn1c(N)cc(=O)c(O)c1C(=O)NC/C(C)=C/C=C(\C)F.Cl. The lowest BCUT2D eigenvalue weighted by atomic mass is 10.2. The van der Waals surface area contributed by atoms with Gasteiger partial charge in [0.15, 0.2) is 11.4 Å². The second kappa shape index (κ2) is 13.0. The van der Waals surface area contributed by atoms with Crippen molar-refractivity contribution in [2.45, 2.75) is 47.6 Å². The number of hydrogen-bond donors (Lipinski definition) is 3. The molecular weight excluding hydrogens is 361 g/mol. The maximum atomic E-state index is 12.6. The maximum absolute atomic E-state index is 12.6. The molecule has 0 atom stereocenters. The summed E-state index contributed by atoms with van der Waals surface area (Å²) in [4.78, 5) is 24.0. The quantitative estimate of drug-likeness (QED) is 0.648. The van der Waals surface area contributed by atoms with Crippen molar-refractivity contribution in [3.63, 3.8) is 0 Å². The number of hydrogen-bond acceptors (Lipinski definition) is 4. The van der Waals surface area contributed by atoms with Gasteiger partial charge in [0, 0.05) is 19.2 Å². The average Bonchev–Trinajstić information content (AvgIpc) is 2.57. The lowest BCUT2D eigenvalue weighted by Crippen LogP contribution is -2.31. The molecule has 1 aromatic heterocycles. The Bertz CT molecular complexity index is 708. The van der Waals surface area contributed by atoms with Crippen molar-refractivity contribution in [2.75, 3.05) is 12.3 Å². The van der Waals surface area contributed by atoms with Crippen LogP contribution in [-0.4, -0.2) is 22.1 Å². The lowest BCUT2D eigenvalue weighted by molar-refractivity contribution is 0.0943. The number of pyridine rings is 1. The van der Waals surface area contributed by atoms with E-state index in [1.165, 1.54) is 23.6 Å². The van der Waals surface area contributed by atoms with Crippen LogP contribution < -0.4 is 16.5 Å². The van der Waals surface area contributed by atoms with Crippen molar-refractivity contribution in [3.05, 3.63) is 45.5 Å². The molecule has 0 fully saturated rings. The molecule has 0 aliphatic rings. The molecule has 0 saturated carbocycles.